The normalized spacial score (nSPS) is 27.5. The maximum Gasteiger partial charge on any atom is 0.0717 e. The van der Waals surface area contributed by atoms with E-state index in [1.807, 2.05) is 12.1 Å². The van der Waals surface area contributed by atoms with Crippen LogP contribution in [0.15, 0.2) is 60.7 Å². The van der Waals surface area contributed by atoms with Crippen LogP contribution in [-0.4, -0.2) is 61.3 Å². The maximum atomic E-state index is 6.08. The second kappa shape index (κ2) is 8.78. The summed E-state index contributed by atoms with van der Waals surface area (Å²) < 4.78 is 12.2. The Kier molecular flexibility index (Phi) is 5.97. The van der Waals surface area contributed by atoms with Crippen molar-refractivity contribution in [1.29, 1.82) is 0 Å². The van der Waals surface area contributed by atoms with Crippen molar-refractivity contribution >= 4 is 0 Å². The Morgan fingerprint density at radius 2 is 1.00 bits per heavy atom. The smallest absolute Gasteiger partial charge is 0.0717 e. The molecule has 4 heteroatoms. The highest BCUT2D eigenvalue weighted by molar-refractivity contribution is 5.14. The SMILES string of the molecule is c1ccc(COC[C@H]2[C@H](COCc3ccccc3)N3CCN2CC3)cc1. The number of ether oxygens (including phenoxy) is 2. The second-order valence-corrected chi connectivity index (χ2v) is 7.21. The Hall–Kier alpha value is -1.72. The number of rotatable bonds is 8. The minimum Gasteiger partial charge on any atom is -0.375 e. The molecule has 2 bridgehead atoms. The fourth-order valence-electron chi connectivity index (χ4n) is 4.06. The molecule has 138 valence electrons. The second-order valence-electron chi connectivity index (χ2n) is 7.21. The predicted molar refractivity (Wildman–Crippen MR) is 103 cm³/mol. The van der Waals surface area contributed by atoms with Crippen molar-refractivity contribution in [2.45, 2.75) is 25.3 Å². The molecule has 0 unspecified atom stereocenters. The minimum absolute atomic E-state index is 0.428. The van der Waals surface area contributed by atoms with Crippen molar-refractivity contribution < 1.29 is 9.47 Å². The van der Waals surface area contributed by atoms with Gasteiger partial charge in [0.05, 0.1) is 38.5 Å². The molecule has 2 atom stereocenters. The fourth-order valence-corrected chi connectivity index (χ4v) is 4.06. The Bertz CT molecular complexity index is 597. The van der Waals surface area contributed by atoms with Crippen LogP contribution < -0.4 is 0 Å². The van der Waals surface area contributed by atoms with Gasteiger partial charge in [-0.15, -0.1) is 0 Å². The molecule has 3 heterocycles. The highest BCUT2D eigenvalue weighted by Gasteiger charge is 2.40. The molecule has 0 saturated carbocycles. The van der Waals surface area contributed by atoms with Crippen LogP contribution in [0.3, 0.4) is 0 Å². The lowest BCUT2D eigenvalue weighted by Crippen LogP contribution is -2.68. The lowest BCUT2D eigenvalue weighted by molar-refractivity contribution is -0.0974. The summed E-state index contributed by atoms with van der Waals surface area (Å²) in [6.07, 6.45) is 0. The Morgan fingerprint density at radius 1 is 0.615 bits per heavy atom. The summed E-state index contributed by atoms with van der Waals surface area (Å²) in [7, 11) is 0. The lowest BCUT2D eigenvalue weighted by atomic mass is 9.99. The van der Waals surface area contributed by atoms with Gasteiger partial charge in [0.1, 0.15) is 0 Å². The van der Waals surface area contributed by atoms with Gasteiger partial charge in [-0.05, 0) is 11.1 Å². The molecule has 3 fully saturated rings. The topological polar surface area (TPSA) is 24.9 Å². The first kappa shape index (κ1) is 17.7. The predicted octanol–water partition coefficient (Wildman–Crippen LogP) is 2.79. The van der Waals surface area contributed by atoms with E-state index in [0.29, 0.717) is 25.3 Å². The Balaban J connectivity index is 1.31. The van der Waals surface area contributed by atoms with Crippen LogP contribution in [0.5, 0.6) is 0 Å². The maximum absolute atomic E-state index is 6.08. The van der Waals surface area contributed by atoms with Crippen molar-refractivity contribution in [2.75, 3.05) is 39.4 Å². The summed E-state index contributed by atoms with van der Waals surface area (Å²) in [6, 6.07) is 21.7. The van der Waals surface area contributed by atoms with E-state index in [2.05, 4.69) is 58.3 Å². The van der Waals surface area contributed by atoms with E-state index < -0.39 is 0 Å². The first-order valence-corrected chi connectivity index (χ1v) is 9.61. The zero-order valence-electron chi connectivity index (χ0n) is 15.3. The molecule has 0 radical (unpaired) electrons. The first-order chi connectivity index (χ1) is 12.9. The summed E-state index contributed by atoms with van der Waals surface area (Å²) in [5.41, 5.74) is 2.47. The Labute approximate surface area is 156 Å². The number of nitrogens with zero attached hydrogens (tertiary/aromatic N) is 2. The monoisotopic (exact) mass is 352 g/mol. The molecule has 0 aliphatic carbocycles. The summed E-state index contributed by atoms with van der Waals surface area (Å²) in [6.45, 7) is 7.49. The van der Waals surface area contributed by atoms with Gasteiger partial charge in [0, 0.05) is 26.2 Å². The first-order valence-electron chi connectivity index (χ1n) is 9.61. The third-order valence-corrected chi connectivity index (χ3v) is 5.53. The van der Waals surface area contributed by atoms with Crippen molar-refractivity contribution in [3.63, 3.8) is 0 Å². The minimum atomic E-state index is 0.428. The van der Waals surface area contributed by atoms with Crippen molar-refractivity contribution in [3.05, 3.63) is 71.8 Å². The third-order valence-electron chi connectivity index (χ3n) is 5.53. The zero-order valence-corrected chi connectivity index (χ0v) is 15.3. The number of benzene rings is 2. The van der Waals surface area contributed by atoms with Crippen molar-refractivity contribution in [1.82, 2.24) is 9.80 Å². The summed E-state index contributed by atoms with van der Waals surface area (Å²) in [5, 5.41) is 0. The van der Waals surface area contributed by atoms with Crippen molar-refractivity contribution in [2.24, 2.45) is 0 Å². The fraction of sp³-hybridized carbons (Fsp3) is 0.455. The summed E-state index contributed by atoms with van der Waals surface area (Å²) in [4.78, 5) is 5.17. The molecule has 0 amide bonds. The van der Waals surface area contributed by atoms with E-state index >= 15 is 0 Å². The van der Waals surface area contributed by atoms with Crippen LogP contribution in [0, 0.1) is 0 Å². The van der Waals surface area contributed by atoms with Crippen LogP contribution >= 0.6 is 0 Å². The highest BCUT2D eigenvalue weighted by Crippen LogP contribution is 2.24. The zero-order chi connectivity index (χ0) is 17.6. The van der Waals surface area contributed by atoms with Gasteiger partial charge in [-0.2, -0.15) is 0 Å². The molecule has 5 rings (SSSR count). The van der Waals surface area contributed by atoms with E-state index in [4.69, 9.17) is 9.47 Å². The molecule has 0 N–H and O–H groups in total. The average Bonchev–Trinajstić information content (AvgIpc) is 2.71. The standard InChI is InChI=1S/C22H28N2O2/c1-3-7-19(8-4-1)15-25-17-21-22(24-13-11-23(21)12-14-24)18-26-16-20-9-5-2-6-10-20/h1-10,21-22H,11-18H2/t21-,22-/m0/s1. The van der Waals surface area contributed by atoms with E-state index in [-0.39, 0.29) is 0 Å². The summed E-state index contributed by atoms with van der Waals surface area (Å²) >= 11 is 0. The summed E-state index contributed by atoms with van der Waals surface area (Å²) in [5.74, 6) is 0. The Morgan fingerprint density at radius 3 is 1.38 bits per heavy atom. The highest BCUT2D eigenvalue weighted by atomic mass is 16.5. The van der Waals surface area contributed by atoms with E-state index in [1.54, 1.807) is 0 Å². The third kappa shape index (κ3) is 4.33. The van der Waals surface area contributed by atoms with E-state index in [1.165, 1.54) is 11.1 Å². The van der Waals surface area contributed by atoms with Gasteiger partial charge in [0.15, 0.2) is 0 Å². The molecule has 3 saturated heterocycles. The van der Waals surface area contributed by atoms with E-state index in [0.717, 1.165) is 39.4 Å². The molecule has 3 aliphatic heterocycles. The average molecular weight is 352 g/mol. The van der Waals surface area contributed by atoms with Crippen LogP contribution in [0.25, 0.3) is 0 Å². The van der Waals surface area contributed by atoms with Crippen LogP contribution in [0.2, 0.25) is 0 Å². The number of hydrogen-bond donors (Lipinski definition) is 0. The van der Waals surface area contributed by atoms with Gasteiger partial charge in [-0.1, -0.05) is 60.7 Å². The van der Waals surface area contributed by atoms with Crippen molar-refractivity contribution in [3.8, 4) is 0 Å². The molecular weight excluding hydrogens is 324 g/mol. The largest absolute Gasteiger partial charge is 0.375 e. The molecule has 4 nitrogen and oxygen atoms in total. The molecule has 2 aromatic carbocycles. The van der Waals surface area contributed by atoms with Gasteiger partial charge in [-0.25, -0.2) is 0 Å². The molecular formula is C22H28N2O2. The van der Waals surface area contributed by atoms with Gasteiger partial charge in [-0.3, -0.25) is 9.80 Å². The van der Waals surface area contributed by atoms with E-state index in [9.17, 15) is 0 Å². The van der Waals surface area contributed by atoms with Crippen LogP contribution in [0.4, 0.5) is 0 Å². The molecule has 2 aromatic rings. The number of hydrogen-bond acceptors (Lipinski definition) is 4. The van der Waals surface area contributed by atoms with Gasteiger partial charge >= 0.3 is 0 Å². The van der Waals surface area contributed by atoms with Crippen LogP contribution in [-0.2, 0) is 22.7 Å². The molecule has 26 heavy (non-hydrogen) atoms. The molecule has 3 aliphatic rings. The number of fused-ring (bicyclic) bond motifs is 3. The molecule has 0 spiro atoms. The molecule has 0 aromatic heterocycles. The number of piperazine rings is 3. The van der Waals surface area contributed by atoms with Gasteiger partial charge in [0.25, 0.3) is 0 Å². The van der Waals surface area contributed by atoms with Gasteiger partial charge < -0.3 is 9.47 Å². The van der Waals surface area contributed by atoms with Gasteiger partial charge in [0.2, 0.25) is 0 Å². The lowest BCUT2D eigenvalue weighted by Gasteiger charge is -2.52. The van der Waals surface area contributed by atoms with Crippen LogP contribution in [0.1, 0.15) is 11.1 Å². The quantitative estimate of drug-likeness (QED) is 0.729.